The van der Waals surface area contributed by atoms with E-state index in [4.69, 9.17) is 14.2 Å². The van der Waals surface area contributed by atoms with Gasteiger partial charge in [0.25, 0.3) is 11.5 Å². The van der Waals surface area contributed by atoms with E-state index >= 15 is 0 Å². The summed E-state index contributed by atoms with van der Waals surface area (Å²) in [5.74, 6) is 0.634. The molecule has 4 aromatic rings. The number of hydrogen-bond acceptors (Lipinski definition) is 7. The highest BCUT2D eigenvalue weighted by molar-refractivity contribution is 6.09. The minimum Gasteiger partial charge on any atom is -0.494 e. The number of pyridine rings is 1. The number of amides is 1. The van der Waals surface area contributed by atoms with E-state index in [1.54, 1.807) is 72.9 Å². The van der Waals surface area contributed by atoms with Crippen LogP contribution in [0.15, 0.2) is 83.3 Å². The molecule has 2 aromatic carbocycles. The summed E-state index contributed by atoms with van der Waals surface area (Å²) in [5.41, 5.74) is -0.0796. The molecule has 2 heterocycles. The van der Waals surface area contributed by atoms with Crippen LogP contribution in [-0.2, 0) is 4.79 Å². The molecular weight excluding hydrogens is 460 g/mol. The molecule has 0 aliphatic heterocycles. The zero-order chi connectivity index (χ0) is 25.5. The third kappa shape index (κ3) is 5.18. The fourth-order valence-corrected chi connectivity index (χ4v) is 3.38. The van der Waals surface area contributed by atoms with E-state index in [1.165, 1.54) is 17.6 Å². The molecule has 0 aliphatic rings. The number of methoxy groups -OCH3 is 1. The van der Waals surface area contributed by atoms with Crippen molar-refractivity contribution in [1.82, 2.24) is 9.38 Å². The van der Waals surface area contributed by atoms with Crippen LogP contribution in [-0.4, -0.2) is 29.0 Å². The Bertz CT molecular complexity index is 1530. The van der Waals surface area contributed by atoms with Crippen molar-refractivity contribution in [2.75, 3.05) is 19.0 Å². The topological polar surface area (TPSA) is 115 Å². The quantitative estimate of drug-likeness (QED) is 0.292. The normalized spacial score (nSPS) is 11.0. The molecule has 9 heteroatoms. The van der Waals surface area contributed by atoms with Gasteiger partial charge in [0.1, 0.15) is 28.6 Å². The number of ether oxygens (including phenoxy) is 3. The number of fused-ring (bicyclic) bond motifs is 1. The van der Waals surface area contributed by atoms with Crippen LogP contribution in [0.1, 0.15) is 12.5 Å². The number of nitrogens with zero attached hydrogens (tertiary/aromatic N) is 3. The van der Waals surface area contributed by atoms with Crippen LogP contribution < -0.4 is 25.1 Å². The highest BCUT2D eigenvalue weighted by Gasteiger charge is 2.18. The van der Waals surface area contributed by atoms with Gasteiger partial charge in [-0.05, 0) is 61.5 Å². The Balaban J connectivity index is 1.75. The SMILES string of the molecule is CCOc1ccc(NC(=O)/C(C#N)=C/c2c(Oc3ccccc3OC)nc3ccccn3c2=O)cc1. The average Bonchev–Trinajstić information content (AvgIpc) is 2.90. The lowest BCUT2D eigenvalue weighted by Crippen LogP contribution is -2.20. The summed E-state index contributed by atoms with van der Waals surface area (Å²) in [7, 11) is 1.49. The first-order valence-corrected chi connectivity index (χ1v) is 11.0. The van der Waals surface area contributed by atoms with E-state index in [9.17, 15) is 14.9 Å². The zero-order valence-corrected chi connectivity index (χ0v) is 19.6. The van der Waals surface area contributed by atoms with Gasteiger partial charge in [-0.3, -0.25) is 14.0 Å². The number of rotatable bonds is 8. The smallest absolute Gasteiger partial charge is 0.269 e. The second-order valence-electron chi connectivity index (χ2n) is 7.40. The number of carbonyl (C=O) groups is 1. The lowest BCUT2D eigenvalue weighted by Gasteiger charge is -2.12. The summed E-state index contributed by atoms with van der Waals surface area (Å²) in [5, 5.41) is 12.4. The number of anilines is 1. The van der Waals surface area contributed by atoms with Crippen LogP contribution in [0.4, 0.5) is 5.69 Å². The Morgan fingerprint density at radius 2 is 1.81 bits per heavy atom. The predicted octanol–water partition coefficient (Wildman–Crippen LogP) is 4.44. The number of aromatic nitrogens is 2. The fraction of sp³-hybridized carbons (Fsp3) is 0.111. The molecule has 0 unspecified atom stereocenters. The second kappa shape index (κ2) is 10.9. The molecule has 0 spiro atoms. The number of nitrogens with one attached hydrogen (secondary N) is 1. The molecule has 0 saturated carbocycles. The van der Waals surface area contributed by atoms with Gasteiger partial charge in [0.15, 0.2) is 11.5 Å². The summed E-state index contributed by atoms with van der Waals surface area (Å²) >= 11 is 0. The van der Waals surface area contributed by atoms with Gasteiger partial charge >= 0.3 is 0 Å². The third-order valence-corrected chi connectivity index (χ3v) is 5.09. The second-order valence-corrected chi connectivity index (χ2v) is 7.40. The predicted molar refractivity (Wildman–Crippen MR) is 134 cm³/mol. The van der Waals surface area contributed by atoms with Crippen molar-refractivity contribution in [2.45, 2.75) is 6.92 Å². The first kappa shape index (κ1) is 24.0. The van der Waals surface area contributed by atoms with Crippen LogP contribution in [0.3, 0.4) is 0 Å². The molecule has 9 nitrogen and oxygen atoms in total. The van der Waals surface area contributed by atoms with E-state index in [1.807, 2.05) is 13.0 Å². The molecule has 1 N–H and O–H groups in total. The first-order chi connectivity index (χ1) is 17.5. The van der Waals surface area contributed by atoms with E-state index in [0.29, 0.717) is 35.2 Å². The molecule has 36 heavy (non-hydrogen) atoms. The van der Waals surface area contributed by atoms with Crippen molar-refractivity contribution >= 4 is 23.3 Å². The molecule has 2 aromatic heterocycles. The van der Waals surface area contributed by atoms with Gasteiger partial charge in [0.05, 0.1) is 13.7 Å². The van der Waals surface area contributed by atoms with E-state index in [0.717, 1.165) is 0 Å². The lowest BCUT2D eigenvalue weighted by molar-refractivity contribution is -0.112. The Morgan fingerprint density at radius 3 is 2.50 bits per heavy atom. The summed E-state index contributed by atoms with van der Waals surface area (Å²) in [4.78, 5) is 30.7. The molecule has 0 saturated heterocycles. The van der Waals surface area contributed by atoms with Crippen molar-refractivity contribution < 1.29 is 19.0 Å². The molecule has 0 atom stereocenters. The third-order valence-electron chi connectivity index (χ3n) is 5.09. The first-order valence-electron chi connectivity index (χ1n) is 11.0. The van der Waals surface area contributed by atoms with Gasteiger partial charge < -0.3 is 19.5 Å². The maximum Gasteiger partial charge on any atom is 0.269 e. The van der Waals surface area contributed by atoms with Crippen molar-refractivity contribution in [3.8, 4) is 29.2 Å². The Hall–Kier alpha value is -5.10. The van der Waals surface area contributed by atoms with Crippen LogP contribution in [0.25, 0.3) is 11.7 Å². The Labute approximate surface area is 206 Å². The molecule has 0 radical (unpaired) electrons. The van der Waals surface area contributed by atoms with Gasteiger partial charge in [-0.15, -0.1) is 0 Å². The van der Waals surface area contributed by atoms with Gasteiger partial charge in [-0.25, -0.2) is 0 Å². The van der Waals surface area contributed by atoms with E-state index in [2.05, 4.69) is 10.3 Å². The largest absolute Gasteiger partial charge is 0.494 e. The van der Waals surface area contributed by atoms with Crippen molar-refractivity contribution in [1.29, 1.82) is 5.26 Å². The van der Waals surface area contributed by atoms with Gasteiger partial charge in [-0.1, -0.05) is 18.2 Å². The van der Waals surface area contributed by atoms with Crippen LogP contribution in [0.5, 0.6) is 23.1 Å². The van der Waals surface area contributed by atoms with E-state index in [-0.39, 0.29) is 17.0 Å². The van der Waals surface area contributed by atoms with E-state index < -0.39 is 11.5 Å². The molecule has 1 amide bonds. The van der Waals surface area contributed by atoms with Crippen LogP contribution in [0.2, 0.25) is 0 Å². The van der Waals surface area contributed by atoms with Crippen LogP contribution in [0, 0.1) is 11.3 Å². The molecule has 0 fully saturated rings. The maximum absolute atomic E-state index is 13.3. The molecule has 0 bridgehead atoms. The number of para-hydroxylation sites is 2. The highest BCUT2D eigenvalue weighted by Crippen LogP contribution is 2.32. The summed E-state index contributed by atoms with van der Waals surface area (Å²) in [6, 6.07) is 20.5. The molecule has 4 rings (SSSR count). The van der Waals surface area contributed by atoms with Crippen molar-refractivity contribution in [3.05, 3.63) is 94.4 Å². The Kier molecular flexibility index (Phi) is 7.27. The number of carbonyl (C=O) groups excluding carboxylic acids is 1. The van der Waals surface area contributed by atoms with Crippen molar-refractivity contribution in [3.63, 3.8) is 0 Å². The molecule has 0 aliphatic carbocycles. The maximum atomic E-state index is 13.3. The van der Waals surface area contributed by atoms with Gasteiger partial charge in [0.2, 0.25) is 5.88 Å². The van der Waals surface area contributed by atoms with Crippen LogP contribution >= 0.6 is 0 Å². The minimum absolute atomic E-state index is 0.0667. The van der Waals surface area contributed by atoms with Crippen molar-refractivity contribution in [2.24, 2.45) is 0 Å². The summed E-state index contributed by atoms with van der Waals surface area (Å²) in [6.45, 7) is 2.39. The number of benzene rings is 2. The van der Waals surface area contributed by atoms with Gasteiger partial charge in [0, 0.05) is 11.9 Å². The number of hydrogen-bond donors (Lipinski definition) is 1. The average molecular weight is 482 g/mol. The zero-order valence-electron chi connectivity index (χ0n) is 19.6. The fourth-order valence-electron chi connectivity index (χ4n) is 3.38. The Morgan fingerprint density at radius 1 is 1.08 bits per heavy atom. The molecule has 180 valence electrons. The minimum atomic E-state index is -0.692. The molecular formula is C27H22N4O5. The lowest BCUT2D eigenvalue weighted by atomic mass is 10.1. The summed E-state index contributed by atoms with van der Waals surface area (Å²) < 4.78 is 18.0. The van der Waals surface area contributed by atoms with Gasteiger partial charge in [-0.2, -0.15) is 10.2 Å². The highest BCUT2D eigenvalue weighted by atomic mass is 16.5. The standard InChI is InChI=1S/C27H22N4O5/c1-3-35-20-13-11-19(12-14-20)29-25(32)18(17-28)16-21-26(36-23-9-5-4-8-22(23)34-2)30-24-10-6-7-15-31(24)27(21)33/h4-16H,3H2,1-2H3,(H,29,32)/b18-16+. The number of nitriles is 1. The summed E-state index contributed by atoms with van der Waals surface area (Å²) in [6.07, 6.45) is 2.71. The monoisotopic (exact) mass is 482 g/mol.